The van der Waals surface area contributed by atoms with Crippen LogP contribution in [0.1, 0.15) is 10.1 Å². The first-order chi connectivity index (χ1) is 9.28. The standard InChI is InChI=1S/C12H11ClN4S2/c13-10-5-4-8(18-10)9(7-14)19-12-16-15-11-3-1-2-6-17(11)12/h1-6,9H,7,14H2. The van der Waals surface area contributed by atoms with Crippen LogP contribution in [0.25, 0.3) is 5.65 Å². The van der Waals surface area contributed by atoms with E-state index in [9.17, 15) is 0 Å². The van der Waals surface area contributed by atoms with Crippen LogP contribution in [-0.2, 0) is 0 Å². The van der Waals surface area contributed by atoms with E-state index in [2.05, 4.69) is 10.2 Å². The van der Waals surface area contributed by atoms with Gasteiger partial charge in [-0.2, -0.15) is 0 Å². The highest BCUT2D eigenvalue weighted by atomic mass is 35.5. The molecule has 7 heteroatoms. The molecule has 3 heterocycles. The summed E-state index contributed by atoms with van der Waals surface area (Å²) in [5.74, 6) is 0. The summed E-state index contributed by atoms with van der Waals surface area (Å²) in [6.45, 7) is 0.531. The van der Waals surface area contributed by atoms with Crippen molar-refractivity contribution in [2.45, 2.75) is 10.4 Å². The molecule has 98 valence electrons. The highest BCUT2D eigenvalue weighted by Crippen LogP contribution is 2.38. The zero-order valence-electron chi connectivity index (χ0n) is 9.86. The van der Waals surface area contributed by atoms with Crippen molar-refractivity contribution < 1.29 is 0 Å². The van der Waals surface area contributed by atoms with Crippen LogP contribution in [-0.4, -0.2) is 21.1 Å². The van der Waals surface area contributed by atoms with Gasteiger partial charge in [0.1, 0.15) is 0 Å². The fourth-order valence-corrected chi connectivity index (χ4v) is 4.00. The molecule has 0 aliphatic carbocycles. The largest absolute Gasteiger partial charge is 0.329 e. The maximum Gasteiger partial charge on any atom is 0.196 e. The Morgan fingerprint density at radius 2 is 2.21 bits per heavy atom. The summed E-state index contributed by atoms with van der Waals surface area (Å²) in [7, 11) is 0. The number of nitrogens with zero attached hydrogens (tertiary/aromatic N) is 3. The topological polar surface area (TPSA) is 56.2 Å². The SMILES string of the molecule is NCC(Sc1nnc2ccccn12)c1ccc(Cl)s1. The van der Waals surface area contributed by atoms with Gasteiger partial charge < -0.3 is 5.73 Å². The van der Waals surface area contributed by atoms with Crippen molar-refractivity contribution in [1.29, 1.82) is 0 Å². The van der Waals surface area contributed by atoms with Crippen LogP contribution in [0, 0.1) is 0 Å². The number of nitrogens with two attached hydrogens (primary N) is 1. The number of hydrogen-bond acceptors (Lipinski definition) is 5. The Morgan fingerprint density at radius 1 is 1.32 bits per heavy atom. The smallest absolute Gasteiger partial charge is 0.196 e. The monoisotopic (exact) mass is 310 g/mol. The average Bonchev–Trinajstić information content (AvgIpc) is 3.03. The Balaban J connectivity index is 1.90. The van der Waals surface area contributed by atoms with E-state index in [0.29, 0.717) is 6.54 Å². The van der Waals surface area contributed by atoms with Crippen LogP contribution in [0.4, 0.5) is 0 Å². The third-order valence-corrected chi connectivity index (χ3v) is 5.37. The Labute approximate surface area is 123 Å². The number of fused-ring (bicyclic) bond motifs is 1. The molecule has 0 bridgehead atoms. The minimum absolute atomic E-state index is 0.144. The molecule has 2 N–H and O–H groups in total. The number of thiophene rings is 1. The number of aromatic nitrogens is 3. The van der Waals surface area contributed by atoms with E-state index >= 15 is 0 Å². The normalized spacial score (nSPS) is 12.9. The molecule has 0 fully saturated rings. The predicted molar refractivity (Wildman–Crippen MR) is 80.0 cm³/mol. The van der Waals surface area contributed by atoms with Gasteiger partial charge in [0.05, 0.1) is 9.59 Å². The van der Waals surface area contributed by atoms with E-state index in [0.717, 1.165) is 20.0 Å². The lowest BCUT2D eigenvalue weighted by Crippen LogP contribution is -2.08. The van der Waals surface area contributed by atoms with Crippen molar-refractivity contribution in [1.82, 2.24) is 14.6 Å². The van der Waals surface area contributed by atoms with Crippen LogP contribution in [0.2, 0.25) is 4.34 Å². The Kier molecular flexibility index (Phi) is 3.74. The van der Waals surface area contributed by atoms with Crippen LogP contribution >= 0.6 is 34.7 Å². The van der Waals surface area contributed by atoms with Crippen molar-refractivity contribution in [3.8, 4) is 0 Å². The van der Waals surface area contributed by atoms with Crippen molar-refractivity contribution >= 4 is 40.3 Å². The molecule has 1 unspecified atom stereocenters. The number of pyridine rings is 1. The molecule has 3 aromatic heterocycles. The van der Waals surface area contributed by atoms with Crippen molar-refractivity contribution in [3.05, 3.63) is 45.7 Å². The summed E-state index contributed by atoms with van der Waals surface area (Å²) in [4.78, 5) is 1.16. The Bertz CT molecular complexity index is 694. The molecular weight excluding hydrogens is 300 g/mol. The first-order valence-corrected chi connectivity index (χ1v) is 7.77. The summed E-state index contributed by atoms with van der Waals surface area (Å²) in [5, 5.41) is 9.33. The minimum Gasteiger partial charge on any atom is -0.329 e. The maximum atomic E-state index is 5.97. The Morgan fingerprint density at radius 3 is 2.95 bits per heavy atom. The van der Waals surface area contributed by atoms with Gasteiger partial charge in [0, 0.05) is 17.6 Å². The van der Waals surface area contributed by atoms with Gasteiger partial charge in [-0.25, -0.2) is 0 Å². The van der Waals surface area contributed by atoms with Gasteiger partial charge in [0.15, 0.2) is 10.8 Å². The molecule has 1 atom stereocenters. The molecule has 19 heavy (non-hydrogen) atoms. The van der Waals surface area contributed by atoms with Crippen molar-refractivity contribution in [2.75, 3.05) is 6.54 Å². The first kappa shape index (κ1) is 12.9. The van der Waals surface area contributed by atoms with Gasteiger partial charge in [-0.15, -0.1) is 21.5 Å². The quantitative estimate of drug-likeness (QED) is 0.752. The molecular formula is C12H11ClN4S2. The Hall–Kier alpha value is -1.08. The molecule has 0 spiro atoms. The van der Waals surface area contributed by atoms with E-state index in [4.69, 9.17) is 17.3 Å². The van der Waals surface area contributed by atoms with E-state index in [1.165, 1.54) is 0 Å². The molecule has 0 aliphatic rings. The first-order valence-electron chi connectivity index (χ1n) is 5.69. The van der Waals surface area contributed by atoms with Crippen LogP contribution < -0.4 is 5.73 Å². The number of hydrogen-bond donors (Lipinski definition) is 1. The van der Waals surface area contributed by atoms with Gasteiger partial charge in [0.2, 0.25) is 0 Å². The van der Waals surface area contributed by atoms with Gasteiger partial charge in [0.25, 0.3) is 0 Å². The van der Waals surface area contributed by atoms with Gasteiger partial charge in [-0.1, -0.05) is 29.4 Å². The van der Waals surface area contributed by atoms with Gasteiger partial charge in [-0.05, 0) is 24.3 Å². The molecule has 0 amide bonds. The van der Waals surface area contributed by atoms with Crippen molar-refractivity contribution in [2.24, 2.45) is 5.73 Å². The molecule has 0 aromatic carbocycles. The average molecular weight is 311 g/mol. The van der Waals surface area contributed by atoms with E-state index in [-0.39, 0.29) is 5.25 Å². The van der Waals surface area contributed by atoms with E-state index < -0.39 is 0 Å². The zero-order chi connectivity index (χ0) is 13.2. The second kappa shape index (κ2) is 5.50. The van der Waals surface area contributed by atoms with Crippen molar-refractivity contribution in [3.63, 3.8) is 0 Å². The lowest BCUT2D eigenvalue weighted by molar-refractivity contribution is 0.894. The van der Waals surface area contributed by atoms with Crippen LogP contribution in [0.15, 0.2) is 41.7 Å². The van der Waals surface area contributed by atoms with E-state index in [1.54, 1.807) is 23.1 Å². The molecule has 3 aromatic rings. The van der Waals surface area contributed by atoms with Crippen LogP contribution in [0.5, 0.6) is 0 Å². The molecule has 0 radical (unpaired) electrons. The maximum absolute atomic E-state index is 5.97. The lowest BCUT2D eigenvalue weighted by atomic mass is 10.3. The summed E-state index contributed by atoms with van der Waals surface area (Å²) in [5.41, 5.74) is 6.70. The summed E-state index contributed by atoms with van der Waals surface area (Å²) >= 11 is 9.14. The summed E-state index contributed by atoms with van der Waals surface area (Å²) < 4.78 is 2.74. The number of thioether (sulfide) groups is 1. The number of rotatable bonds is 4. The molecule has 4 nitrogen and oxygen atoms in total. The number of halogens is 1. The van der Waals surface area contributed by atoms with Gasteiger partial charge in [-0.3, -0.25) is 4.40 Å². The zero-order valence-corrected chi connectivity index (χ0v) is 12.3. The molecule has 0 saturated heterocycles. The highest BCUT2D eigenvalue weighted by molar-refractivity contribution is 7.99. The highest BCUT2D eigenvalue weighted by Gasteiger charge is 2.17. The lowest BCUT2D eigenvalue weighted by Gasteiger charge is -2.10. The van der Waals surface area contributed by atoms with Crippen LogP contribution in [0.3, 0.4) is 0 Å². The molecule has 0 aliphatic heterocycles. The minimum atomic E-state index is 0.144. The van der Waals surface area contributed by atoms with Gasteiger partial charge >= 0.3 is 0 Å². The third kappa shape index (κ3) is 2.62. The predicted octanol–water partition coefficient (Wildman–Crippen LogP) is 3.24. The second-order valence-corrected chi connectivity index (χ2v) is 6.81. The third-order valence-electron chi connectivity index (χ3n) is 2.66. The summed E-state index contributed by atoms with van der Waals surface area (Å²) in [6, 6.07) is 9.74. The van der Waals surface area contributed by atoms with E-state index in [1.807, 2.05) is 40.9 Å². The fourth-order valence-electron chi connectivity index (χ4n) is 1.75. The fraction of sp³-hybridized carbons (Fsp3) is 0.167. The molecule has 0 saturated carbocycles. The summed E-state index contributed by atoms with van der Waals surface area (Å²) in [6.07, 6.45) is 1.95. The molecule has 3 rings (SSSR count). The second-order valence-electron chi connectivity index (χ2n) is 3.90.